The summed E-state index contributed by atoms with van der Waals surface area (Å²) in [6.45, 7) is 6.18. The van der Waals surface area contributed by atoms with E-state index in [0.29, 0.717) is 5.56 Å². The zero-order valence-electron chi connectivity index (χ0n) is 11.6. The molecule has 2 rings (SSSR count). The topological polar surface area (TPSA) is 59.3 Å². The van der Waals surface area contributed by atoms with Gasteiger partial charge in [-0.25, -0.2) is 0 Å². The van der Waals surface area contributed by atoms with E-state index in [1.54, 1.807) is 0 Å². The van der Waals surface area contributed by atoms with Crippen molar-refractivity contribution in [2.45, 2.75) is 31.8 Å². The van der Waals surface area contributed by atoms with Crippen LogP contribution in [0.4, 0.5) is 5.69 Å². The molecular formula is C15H21N3O. The molecule has 4 heteroatoms. The molecule has 0 aromatic heterocycles. The van der Waals surface area contributed by atoms with Gasteiger partial charge in [-0.3, -0.25) is 0 Å². The quantitative estimate of drug-likeness (QED) is 0.863. The van der Waals surface area contributed by atoms with E-state index < -0.39 is 0 Å². The van der Waals surface area contributed by atoms with Crippen LogP contribution >= 0.6 is 0 Å². The summed E-state index contributed by atoms with van der Waals surface area (Å²) in [6.07, 6.45) is 0.737. The molecule has 1 aliphatic rings. The van der Waals surface area contributed by atoms with Crippen LogP contribution in [-0.4, -0.2) is 36.4 Å². The first-order valence-corrected chi connectivity index (χ1v) is 6.69. The summed E-state index contributed by atoms with van der Waals surface area (Å²) in [5.41, 5.74) is 1.65. The fourth-order valence-corrected chi connectivity index (χ4v) is 2.60. The number of aliphatic hydroxyl groups is 1. The number of nitrogens with zero attached hydrogens (tertiary/aromatic N) is 2. The molecule has 4 nitrogen and oxygen atoms in total. The molecule has 1 fully saturated rings. The zero-order chi connectivity index (χ0) is 13.9. The molecule has 0 saturated carbocycles. The fourth-order valence-electron chi connectivity index (χ4n) is 2.60. The monoisotopic (exact) mass is 259 g/mol. The van der Waals surface area contributed by atoms with Gasteiger partial charge in [0.1, 0.15) is 6.07 Å². The highest BCUT2D eigenvalue weighted by Gasteiger charge is 2.34. The van der Waals surface area contributed by atoms with E-state index in [-0.39, 0.29) is 18.2 Å². The average Bonchev–Trinajstić information content (AvgIpc) is 2.41. The predicted octanol–water partition coefficient (Wildman–Crippen LogP) is 1.50. The Balaban J connectivity index is 2.31. The van der Waals surface area contributed by atoms with Crippen molar-refractivity contribution in [2.24, 2.45) is 0 Å². The Morgan fingerprint density at radius 3 is 2.89 bits per heavy atom. The number of benzene rings is 1. The van der Waals surface area contributed by atoms with E-state index in [2.05, 4.69) is 30.1 Å². The van der Waals surface area contributed by atoms with E-state index in [1.165, 1.54) is 0 Å². The number of hydrogen-bond acceptors (Lipinski definition) is 4. The van der Waals surface area contributed by atoms with Crippen LogP contribution in [0.3, 0.4) is 0 Å². The van der Waals surface area contributed by atoms with Crippen LogP contribution in [0.25, 0.3) is 0 Å². The molecule has 1 heterocycles. The van der Waals surface area contributed by atoms with Crippen LogP contribution in [0.2, 0.25) is 0 Å². The summed E-state index contributed by atoms with van der Waals surface area (Å²) >= 11 is 0. The third kappa shape index (κ3) is 2.89. The second kappa shape index (κ2) is 5.60. The lowest BCUT2D eigenvalue weighted by Crippen LogP contribution is -2.62. The highest BCUT2D eigenvalue weighted by Crippen LogP contribution is 2.29. The lowest BCUT2D eigenvalue weighted by atomic mass is 9.94. The smallest absolute Gasteiger partial charge is 0.101 e. The Hall–Kier alpha value is -1.57. The van der Waals surface area contributed by atoms with Crippen molar-refractivity contribution in [3.8, 4) is 6.07 Å². The number of anilines is 1. The number of nitriles is 1. The molecule has 1 unspecified atom stereocenters. The first-order valence-electron chi connectivity index (χ1n) is 6.69. The first kappa shape index (κ1) is 13.9. The standard InChI is InChI=1S/C15H21N3O/c1-15(2)11-17-13(7-8-19)10-18(15)14-6-4-3-5-12(14)9-16/h3-6,13,17,19H,7-8,10-11H2,1-2H3. The fraction of sp³-hybridized carbons (Fsp3) is 0.533. The maximum atomic E-state index is 9.26. The van der Waals surface area contributed by atoms with Gasteiger partial charge in [0.25, 0.3) is 0 Å². The Bertz CT molecular complexity index is 479. The molecule has 102 valence electrons. The lowest BCUT2D eigenvalue weighted by Gasteiger charge is -2.48. The van der Waals surface area contributed by atoms with Gasteiger partial charge in [-0.1, -0.05) is 12.1 Å². The molecule has 19 heavy (non-hydrogen) atoms. The van der Waals surface area contributed by atoms with Gasteiger partial charge in [0.05, 0.1) is 11.3 Å². The third-order valence-electron chi connectivity index (χ3n) is 3.75. The molecule has 0 spiro atoms. The second-order valence-corrected chi connectivity index (χ2v) is 5.64. The van der Waals surface area contributed by atoms with Gasteiger partial charge in [-0.05, 0) is 32.4 Å². The number of aliphatic hydroxyl groups excluding tert-OH is 1. The summed E-state index contributed by atoms with van der Waals surface area (Å²) in [7, 11) is 0. The molecule has 2 N–H and O–H groups in total. The molecule has 0 radical (unpaired) electrons. The molecule has 0 bridgehead atoms. The molecule has 0 aliphatic carbocycles. The van der Waals surface area contributed by atoms with Gasteiger partial charge < -0.3 is 15.3 Å². The number of hydrogen-bond donors (Lipinski definition) is 2. The van der Waals surface area contributed by atoms with Crippen molar-refractivity contribution >= 4 is 5.69 Å². The van der Waals surface area contributed by atoms with E-state index in [9.17, 15) is 5.26 Å². The van der Waals surface area contributed by atoms with Crippen LogP contribution in [-0.2, 0) is 0 Å². The van der Waals surface area contributed by atoms with Crippen LogP contribution in [0.1, 0.15) is 25.8 Å². The highest BCUT2D eigenvalue weighted by atomic mass is 16.3. The number of rotatable bonds is 3. The van der Waals surface area contributed by atoms with Gasteiger partial charge in [0.15, 0.2) is 0 Å². The van der Waals surface area contributed by atoms with Crippen molar-refractivity contribution < 1.29 is 5.11 Å². The molecule has 1 atom stereocenters. The van der Waals surface area contributed by atoms with E-state index >= 15 is 0 Å². The summed E-state index contributed by atoms with van der Waals surface area (Å²) in [4.78, 5) is 2.28. The number of nitrogens with one attached hydrogen (secondary N) is 1. The van der Waals surface area contributed by atoms with Gasteiger partial charge in [-0.2, -0.15) is 5.26 Å². The van der Waals surface area contributed by atoms with Gasteiger partial charge in [0.2, 0.25) is 0 Å². The van der Waals surface area contributed by atoms with Crippen molar-refractivity contribution in [3.63, 3.8) is 0 Å². The van der Waals surface area contributed by atoms with E-state index in [4.69, 9.17) is 5.11 Å². The van der Waals surface area contributed by atoms with Crippen LogP contribution in [0, 0.1) is 11.3 Å². The first-order chi connectivity index (χ1) is 9.08. The lowest BCUT2D eigenvalue weighted by molar-refractivity contribution is 0.239. The Labute approximate surface area is 114 Å². The van der Waals surface area contributed by atoms with E-state index in [0.717, 1.165) is 25.2 Å². The summed E-state index contributed by atoms with van der Waals surface area (Å²) in [6, 6.07) is 10.3. The minimum absolute atomic E-state index is 0.0427. The Morgan fingerprint density at radius 1 is 1.47 bits per heavy atom. The van der Waals surface area contributed by atoms with Crippen LogP contribution in [0.5, 0.6) is 0 Å². The molecular weight excluding hydrogens is 238 g/mol. The van der Waals surface area contributed by atoms with Crippen molar-refractivity contribution in [1.82, 2.24) is 5.32 Å². The molecule has 1 aliphatic heterocycles. The predicted molar refractivity (Wildman–Crippen MR) is 76.1 cm³/mol. The second-order valence-electron chi connectivity index (χ2n) is 5.64. The minimum Gasteiger partial charge on any atom is -0.396 e. The highest BCUT2D eigenvalue weighted by molar-refractivity contribution is 5.61. The molecule has 0 amide bonds. The largest absolute Gasteiger partial charge is 0.396 e. The van der Waals surface area contributed by atoms with Gasteiger partial charge >= 0.3 is 0 Å². The SMILES string of the molecule is CC1(C)CNC(CCO)CN1c1ccccc1C#N. The normalized spacial score (nSPS) is 22.0. The molecule has 1 aromatic rings. The third-order valence-corrected chi connectivity index (χ3v) is 3.75. The van der Waals surface area contributed by atoms with Gasteiger partial charge in [0, 0.05) is 31.3 Å². The van der Waals surface area contributed by atoms with Crippen LogP contribution < -0.4 is 10.2 Å². The molecule has 1 aromatic carbocycles. The van der Waals surface area contributed by atoms with Gasteiger partial charge in [-0.15, -0.1) is 0 Å². The van der Waals surface area contributed by atoms with Crippen LogP contribution in [0.15, 0.2) is 24.3 Å². The Morgan fingerprint density at radius 2 is 2.21 bits per heavy atom. The van der Waals surface area contributed by atoms with Crippen molar-refractivity contribution in [1.29, 1.82) is 5.26 Å². The summed E-state index contributed by atoms with van der Waals surface area (Å²) < 4.78 is 0. The maximum absolute atomic E-state index is 9.26. The minimum atomic E-state index is -0.0427. The average molecular weight is 259 g/mol. The van der Waals surface area contributed by atoms with Crippen molar-refractivity contribution in [2.75, 3.05) is 24.6 Å². The summed E-state index contributed by atoms with van der Waals surface area (Å²) in [5, 5.41) is 21.8. The maximum Gasteiger partial charge on any atom is 0.101 e. The number of para-hydroxylation sites is 1. The Kier molecular flexibility index (Phi) is 4.08. The van der Waals surface area contributed by atoms with E-state index in [1.807, 2.05) is 24.3 Å². The molecule has 1 saturated heterocycles. The summed E-state index contributed by atoms with van der Waals surface area (Å²) in [5.74, 6) is 0. The zero-order valence-corrected chi connectivity index (χ0v) is 11.6. The van der Waals surface area contributed by atoms with Crippen molar-refractivity contribution in [3.05, 3.63) is 29.8 Å². The number of piperazine rings is 1.